The summed E-state index contributed by atoms with van der Waals surface area (Å²) in [6.45, 7) is 0.00798. The van der Waals surface area contributed by atoms with Crippen molar-refractivity contribution in [3.05, 3.63) is 64.7 Å². The Morgan fingerprint density at radius 1 is 1.14 bits per heavy atom. The highest BCUT2D eigenvalue weighted by Gasteiger charge is 2.13. The Morgan fingerprint density at radius 2 is 1.86 bits per heavy atom. The van der Waals surface area contributed by atoms with Crippen LogP contribution in [-0.4, -0.2) is 18.5 Å². The molecule has 0 heterocycles. The summed E-state index contributed by atoms with van der Waals surface area (Å²) in [5.74, 6) is -1.05. The van der Waals surface area contributed by atoms with Crippen LogP contribution < -0.4 is 11.1 Å². The number of halogens is 1. The predicted octanol–water partition coefficient (Wildman–Crippen LogP) is 2.40. The lowest BCUT2D eigenvalue weighted by Crippen LogP contribution is -2.28. The molecule has 0 unspecified atom stereocenters. The van der Waals surface area contributed by atoms with Crippen molar-refractivity contribution in [3.63, 3.8) is 0 Å². The van der Waals surface area contributed by atoms with Crippen molar-refractivity contribution in [2.24, 2.45) is 0 Å². The van der Waals surface area contributed by atoms with Crippen LogP contribution in [0, 0.1) is 0 Å². The lowest BCUT2D eigenvalue weighted by atomic mass is 10.2. The maximum absolute atomic E-state index is 11.8. The molecule has 0 saturated heterocycles. The number of rotatable bonds is 5. The monoisotopic (exact) mass is 318 g/mol. The molecule has 5 nitrogen and oxygen atoms in total. The first-order chi connectivity index (χ1) is 10.6. The third-order valence-corrected chi connectivity index (χ3v) is 3.14. The number of carbonyl (C=O) groups excluding carboxylic acids is 2. The number of carbonyl (C=O) groups is 2. The zero-order valence-corrected chi connectivity index (χ0v) is 12.5. The van der Waals surface area contributed by atoms with Gasteiger partial charge in [0, 0.05) is 17.3 Å². The zero-order chi connectivity index (χ0) is 15.9. The summed E-state index contributed by atoms with van der Waals surface area (Å²) in [5.41, 5.74) is 7.03. The van der Waals surface area contributed by atoms with Crippen LogP contribution in [0.15, 0.2) is 48.5 Å². The molecule has 0 saturated carbocycles. The molecule has 0 bridgehead atoms. The fraction of sp³-hybridized carbons (Fsp3) is 0.125. The minimum atomic E-state index is -0.663. The Morgan fingerprint density at radius 3 is 2.55 bits per heavy atom. The average molecular weight is 319 g/mol. The molecule has 1 amide bonds. The molecule has 3 N–H and O–H groups in total. The first kappa shape index (κ1) is 15.9. The van der Waals surface area contributed by atoms with Crippen molar-refractivity contribution in [1.82, 2.24) is 5.32 Å². The number of amides is 1. The third-order valence-electron chi connectivity index (χ3n) is 2.90. The van der Waals surface area contributed by atoms with Crippen molar-refractivity contribution >= 4 is 29.2 Å². The van der Waals surface area contributed by atoms with E-state index in [0.717, 1.165) is 5.56 Å². The highest BCUT2D eigenvalue weighted by Crippen LogP contribution is 2.18. The van der Waals surface area contributed by atoms with Gasteiger partial charge in [0.05, 0.1) is 5.56 Å². The van der Waals surface area contributed by atoms with Gasteiger partial charge in [-0.05, 0) is 23.8 Å². The fourth-order valence-electron chi connectivity index (χ4n) is 1.78. The second-order valence-corrected chi connectivity index (χ2v) is 5.01. The lowest BCUT2D eigenvalue weighted by molar-refractivity contribution is -0.124. The van der Waals surface area contributed by atoms with Gasteiger partial charge in [-0.2, -0.15) is 0 Å². The minimum Gasteiger partial charge on any atom is -0.452 e. The van der Waals surface area contributed by atoms with Gasteiger partial charge in [-0.25, -0.2) is 4.79 Å². The van der Waals surface area contributed by atoms with Gasteiger partial charge in [-0.15, -0.1) is 0 Å². The number of hydrogen-bond donors (Lipinski definition) is 2. The van der Waals surface area contributed by atoms with Crippen molar-refractivity contribution in [2.75, 3.05) is 12.3 Å². The molecule has 0 aliphatic rings. The summed E-state index contributed by atoms with van der Waals surface area (Å²) in [6, 6.07) is 13.9. The second kappa shape index (κ2) is 7.47. The van der Waals surface area contributed by atoms with E-state index in [9.17, 15) is 9.59 Å². The van der Waals surface area contributed by atoms with Gasteiger partial charge in [-0.3, -0.25) is 4.79 Å². The van der Waals surface area contributed by atoms with E-state index < -0.39 is 5.97 Å². The molecule has 22 heavy (non-hydrogen) atoms. The molecule has 6 heteroatoms. The van der Waals surface area contributed by atoms with E-state index in [1.54, 1.807) is 0 Å². The van der Waals surface area contributed by atoms with Gasteiger partial charge in [0.15, 0.2) is 6.61 Å². The van der Waals surface area contributed by atoms with Crippen molar-refractivity contribution in [1.29, 1.82) is 0 Å². The topological polar surface area (TPSA) is 81.4 Å². The quantitative estimate of drug-likeness (QED) is 0.655. The van der Waals surface area contributed by atoms with Crippen LogP contribution in [0.1, 0.15) is 15.9 Å². The highest BCUT2D eigenvalue weighted by atomic mass is 35.5. The third kappa shape index (κ3) is 4.49. The molecule has 0 radical (unpaired) electrons. The molecule has 0 aliphatic heterocycles. The Kier molecular flexibility index (Phi) is 5.38. The van der Waals surface area contributed by atoms with E-state index in [1.807, 2.05) is 30.3 Å². The van der Waals surface area contributed by atoms with Crippen molar-refractivity contribution < 1.29 is 14.3 Å². The Hall–Kier alpha value is -2.53. The molecule has 0 spiro atoms. The first-order valence-electron chi connectivity index (χ1n) is 6.59. The molecule has 0 fully saturated rings. The number of esters is 1. The summed E-state index contributed by atoms with van der Waals surface area (Å²) in [4.78, 5) is 23.5. The number of benzene rings is 2. The van der Waals surface area contributed by atoms with Gasteiger partial charge < -0.3 is 15.8 Å². The van der Waals surface area contributed by atoms with Gasteiger partial charge in [-0.1, -0.05) is 41.9 Å². The SMILES string of the molecule is Nc1cc(Cl)ccc1C(=O)OCC(=O)NCc1ccccc1. The van der Waals surface area contributed by atoms with E-state index in [2.05, 4.69) is 5.32 Å². The molecule has 2 rings (SSSR count). The number of nitrogen functional groups attached to an aromatic ring is 1. The smallest absolute Gasteiger partial charge is 0.340 e. The van der Waals surface area contributed by atoms with E-state index in [0.29, 0.717) is 11.6 Å². The van der Waals surface area contributed by atoms with E-state index in [1.165, 1.54) is 18.2 Å². The largest absolute Gasteiger partial charge is 0.452 e. The van der Waals surface area contributed by atoms with Crippen molar-refractivity contribution in [3.8, 4) is 0 Å². The standard InChI is InChI=1S/C16H15ClN2O3/c17-12-6-7-13(14(18)8-12)16(21)22-10-15(20)19-9-11-4-2-1-3-5-11/h1-8H,9-10,18H2,(H,19,20). The maximum atomic E-state index is 11.8. The van der Waals surface area contributed by atoms with Crippen LogP contribution in [0.25, 0.3) is 0 Å². The molecule has 0 aliphatic carbocycles. The lowest BCUT2D eigenvalue weighted by Gasteiger charge is -2.08. The number of nitrogens with one attached hydrogen (secondary N) is 1. The van der Waals surface area contributed by atoms with Gasteiger partial charge >= 0.3 is 5.97 Å². The molecule has 2 aromatic carbocycles. The van der Waals surface area contributed by atoms with Crippen LogP contribution in [0.3, 0.4) is 0 Å². The maximum Gasteiger partial charge on any atom is 0.340 e. The van der Waals surface area contributed by atoms with Gasteiger partial charge in [0.1, 0.15) is 0 Å². The van der Waals surface area contributed by atoms with Crippen LogP contribution in [0.2, 0.25) is 5.02 Å². The molecular formula is C16H15ClN2O3. The van der Waals surface area contributed by atoms with Crippen molar-refractivity contribution in [2.45, 2.75) is 6.54 Å². The Bertz CT molecular complexity index is 674. The molecule has 2 aromatic rings. The number of ether oxygens (including phenoxy) is 1. The van der Waals surface area contributed by atoms with Gasteiger partial charge in [0.25, 0.3) is 5.91 Å². The van der Waals surface area contributed by atoms with Crippen LogP contribution >= 0.6 is 11.6 Å². The number of anilines is 1. The van der Waals surface area contributed by atoms with Gasteiger partial charge in [0.2, 0.25) is 0 Å². The number of nitrogens with two attached hydrogens (primary N) is 1. The number of hydrogen-bond acceptors (Lipinski definition) is 4. The fourth-order valence-corrected chi connectivity index (χ4v) is 1.96. The summed E-state index contributed by atoms with van der Waals surface area (Å²) < 4.78 is 4.92. The highest BCUT2D eigenvalue weighted by molar-refractivity contribution is 6.31. The van der Waals surface area contributed by atoms with Crippen LogP contribution in [-0.2, 0) is 16.1 Å². The zero-order valence-electron chi connectivity index (χ0n) is 11.7. The molecule has 0 aromatic heterocycles. The van der Waals surface area contributed by atoms with E-state index in [4.69, 9.17) is 22.1 Å². The van der Waals surface area contributed by atoms with Crippen LogP contribution in [0.4, 0.5) is 5.69 Å². The summed E-state index contributed by atoms with van der Waals surface area (Å²) in [5, 5.41) is 3.09. The summed E-state index contributed by atoms with van der Waals surface area (Å²) in [7, 11) is 0. The Labute approximate surface area is 133 Å². The normalized spacial score (nSPS) is 10.0. The minimum absolute atomic E-state index is 0.181. The predicted molar refractivity (Wildman–Crippen MR) is 84.4 cm³/mol. The summed E-state index contributed by atoms with van der Waals surface area (Å²) >= 11 is 5.75. The average Bonchev–Trinajstić information content (AvgIpc) is 2.51. The Balaban J connectivity index is 1.82. The van der Waals surface area contributed by atoms with Crippen LogP contribution in [0.5, 0.6) is 0 Å². The van der Waals surface area contributed by atoms with E-state index in [-0.39, 0.29) is 23.8 Å². The second-order valence-electron chi connectivity index (χ2n) is 4.57. The summed E-state index contributed by atoms with van der Waals surface area (Å²) in [6.07, 6.45) is 0. The van der Waals surface area contributed by atoms with E-state index >= 15 is 0 Å². The molecular weight excluding hydrogens is 304 g/mol. The molecule has 114 valence electrons. The first-order valence-corrected chi connectivity index (χ1v) is 6.97. The molecule has 0 atom stereocenters.